The summed E-state index contributed by atoms with van der Waals surface area (Å²) >= 11 is 5.80. The summed E-state index contributed by atoms with van der Waals surface area (Å²) < 4.78 is 26.9. The maximum atomic E-state index is 12.7. The number of alkyl halides is 1. The molecular formula is C16H22ClNO2S. The fourth-order valence-corrected chi connectivity index (χ4v) is 5.46. The van der Waals surface area contributed by atoms with E-state index in [0.717, 1.165) is 17.4 Å². The predicted molar refractivity (Wildman–Crippen MR) is 84.8 cm³/mol. The van der Waals surface area contributed by atoms with Gasteiger partial charge in [-0.25, -0.2) is 12.7 Å². The Morgan fingerprint density at radius 1 is 1.29 bits per heavy atom. The van der Waals surface area contributed by atoms with Crippen LogP contribution in [0.5, 0.6) is 0 Å². The van der Waals surface area contributed by atoms with Crippen molar-refractivity contribution in [3.63, 3.8) is 0 Å². The summed E-state index contributed by atoms with van der Waals surface area (Å²) in [6, 6.07) is 6.94. The van der Waals surface area contributed by atoms with E-state index in [1.807, 2.05) is 6.07 Å². The van der Waals surface area contributed by atoms with Crippen LogP contribution in [0.3, 0.4) is 0 Å². The van der Waals surface area contributed by atoms with Gasteiger partial charge in [0.15, 0.2) is 0 Å². The van der Waals surface area contributed by atoms with E-state index in [0.29, 0.717) is 23.2 Å². The average molecular weight is 328 g/mol. The first kappa shape index (κ1) is 15.3. The normalized spacial score (nSPS) is 28.4. The van der Waals surface area contributed by atoms with Gasteiger partial charge in [-0.2, -0.15) is 0 Å². The maximum absolute atomic E-state index is 12.7. The van der Waals surface area contributed by atoms with E-state index in [4.69, 9.17) is 11.6 Å². The second-order valence-corrected chi connectivity index (χ2v) is 8.81. The molecule has 0 saturated heterocycles. The highest BCUT2D eigenvalue weighted by Gasteiger charge is 2.40. The minimum Gasteiger partial charge on any atom is -0.207 e. The fraction of sp³-hybridized carbons (Fsp3) is 0.625. The van der Waals surface area contributed by atoms with Gasteiger partial charge < -0.3 is 0 Å². The number of fused-ring (bicyclic) bond motifs is 2. The van der Waals surface area contributed by atoms with Crippen LogP contribution in [0.25, 0.3) is 0 Å². The fourth-order valence-electron chi connectivity index (χ4n) is 4.00. The van der Waals surface area contributed by atoms with E-state index in [1.165, 1.54) is 30.0 Å². The van der Waals surface area contributed by atoms with Crippen LogP contribution in [-0.2, 0) is 15.9 Å². The number of benzene rings is 1. The SMILES string of the molecule is CN(CC1CC2CCC1C2)S(=O)(=O)c1cccc(CCl)c1. The van der Waals surface area contributed by atoms with E-state index in [-0.39, 0.29) is 0 Å². The third kappa shape index (κ3) is 2.99. The number of hydrogen-bond donors (Lipinski definition) is 0. The van der Waals surface area contributed by atoms with Crippen molar-refractivity contribution in [1.82, 2.24) is 4.31 Å². The van der Waals surface area contributed by atoms with Gasteiger partial charge in [0.1, 0.15) is 0 Å². The van der Waals surface area contributed by atoms with Crippen LogP contribution in [0.4, 0.5) is 0 Å². The van der Waals surface area contributed by atoms with Gasteiger partial charge in [0.25, 0.3) is 0 Å². The summed E-state index contributed by atoms with van der Waals surface area (Å²) in [6.45, 7) is 0.647. The van der Waals surface area contributed by atoms with Gasteiger partial charge in [-0.15, -0.1) is 11.6 Å². The molecule has 3 nitrogen and oxygen atoms in total. The molecular weight excluding hydrogens is 306 g/mol. The number of rotatable bonds is 5. The Morgan fingerprint density at radius 2 is 2.10 bits per heavy atom. The van der Waals surface area contributed by atoms with Gasteiger partial charge in [-0.1, -0.05) is 18.6 Å². The molecule has 0 amide bonds. The summed E-state index contributed by atoms with van der Waals surface area (Å²) in [5, 5.41) is 0. The molecule has 116 valence electrons. The first-order chi connectivity index (χ1) is 10.0. The zero-order valence-electron chi connectivity index (χ0n) is 12.3. The molecule has 3 atom stereocenters. The molecule has 2 fully saturated rings. The van der Waals surface area contributed by atoms with E-state index >= 15 is 0 Å². The molecule has 2 bridgehead atoms. The molecule has 0 spiro atoms. The quantitative estimate of drug-likeness (QED) is 0.776. The standard InChI is InChI=1S/C16H22ClNO2S/c1-18(11-15-8-12-5-6-14(15)7-12)21(19,20)16-4-2-3-13(9-16)10-17/h2-4,9,12,14-15H,5-8,10-11H2,1H3. The molecule has 2 aliphatic carbocycles. The third-order valence-electron chi connectivity index (χ3n) is 5.14. The molecule has 3 rings (SSSR count). The highest BCUT2D eigenvalue weighted by molar-refractivity contribution is 7.89. The van der Waals surface area contributed by atoms with Crippen molar-refractivity contribution < 1.29 is 8.42 Å². The van der Waals surface area contributed by atoms with Gasteiger partial charge in [-0.3, -0.25) is 0 Å². The van der Waals surface area contributed by atoms with Crippen LogP contribution in [0.2, 0.25) is 0 Å². The summed E-state index contributed by atoms with van der Waals surface area (Å²) in [4.78, 5) is 0.353. The summed E-state index contributed by atoms with van der Waals surface area (Å²) in [6.07, 6.45) is 5.13. The van der Waals surface area contributed by atoms with Crippen molar-refractivity contribution in [2.75, 3.05) is 13.6 Å². The van der Waals surface area contributed by atoms with Crippen LogP contribution in [0, 0.1) is 17.8 Å². The molecule has 2 saturated carbocycles. The molecule has 0 N–H and O–H groups in total. The van der Waals surface area contributed by atoms with E-state index in [2.05, 4.69) is 0 Å². The Bertz CT molecular complexity index is 616. The Morgan fingerprint density at radius 3 is 2.71 bits per heavy atom. The Labute approximate surface area is 132 Å². The summed E-state index contributed by atoms with van der Waals surface area (Å²) in [5.41, 5.74) is 0.839. The van der Waals surface area contributed by atoms with Crippen molar-refractivity contribution in [2.24, 2.45) is 17.8 Å². The van der Waals surface area contributed by atoms with Crippen LogP contribution < -0.4 is 0 Å². The van der Waals surface area contributed by atoms with Crippen molar-refractivity contribution in [2.45, 2.75) is 36.5 Å². The van der Waals surface area contributed by atoms with Crippen LogP contribution in [0.1, 0.15) is 31.2 Å². The Balaban J connectivity index is 1.74. The largest absolute Gasteiger partial charge is 0.242 e. The molecule has 0 aromatic heterocycles. The Kier molecular flexibility index (Phi) is 4.30. The average Bonchev–Trinajstić information content (AvgIpc) is 3.09. The second kappa shape index (κ2) is 5.90. The first-order valence-electron chi connectivity index (χ1n) is 7.62. The van der Waals surface area contributed by atoms with Gasteiger partial charge in [-0.05, 0) is 54.7 Å². The molecule has 1 aromatic rings. The highest BCUT2D eigenvalue weighted by Crippen LogP contribution is 2.48. The number of sulfonamides is 1. The lowest BCUT2D eigenvalue weighted by Crippen LogP contribution is -2.33. The lowest BCUT2D eigenvalue weighted by molar-refractivity contribution is 0.280. The minimum atomic E-state index is -3.40. The van der Waals surface area contributed by atoms with Gasteiger partial charge in [0.2, 0.25) is 10.0 Å². The van der Waals surface area contributed by atoms with Crippen molar-refractivity contribution in [3.05, 3.63) is 29.8 Å². The zero-order chi connectivity index (χ0) is 15.0. The lowest BCUT2D eigenvalue weighted by atomic mass is 9.89. The minimum absolute atomic E-state index is 0.333. The van der Waals surface area contributed by atoms with Gasteiger partial charge in [0.05, 0.1) is 4.90 Å². The number of halogens is 1. The van der Waals surface area contributed by atoms with E-state index in [1.54, 1.807) is 25.2 Å². The lowest BCUT2D eigenvalue weighted by Gasteiger charge is -2.26. The Hall–Kier alpha value is -0.580. The predicted octanol–water partition coefficient (Wildman–Crippen LogP) is 3.48. The van der Waals surface area contributed by atoms with E-state index < -0.39 is 10.0 Å². The van der Waals surface area contributed by atoms with Gasteiger partial charge in [0, 0.05) is 19.5 Å². The van der Waals surface area contributed by atoms with Crippen molar-refractivity contribution in [1.29, 1.82) is 0 Å². The summed E-state index contributed by atoms with van der Waals surface area (Å²) in [5.74, 6) is 2.46. The second-order valence-electron chi connectivity index (χ2n) is 6.50. The smallest absolute Gasteiger partial charge is 0.207 e. The highest BCUT2D eigenvalue weighted by atomic mass is 35.5. The topological polar surface area (TPSA) is 37.4 Å². The van der Waals surface area contributed by atoms with Crippen LogP contribution >= 0.6 is 11.6 Å². The van der Waals surface area contributed by atoms with Crippen LogP contribution in [-0.4, -0.2) is 26.3 Å². The van der Waals surface area contributed by atoms with E-state index in [9.17, 15) is 8.42 Å². The molecule has 0 heterocycles. The molecule has 21 heavy (non-hydrogen) atoms. The van der Waals surface area contributed by atoms with Crippen molar-refractivity contribution in [3.8, 4) is 0 Å². The summed E-state index contributed by atoms with van der Waals surface area (Å²) in [7, 11) is -1.70. The number of hydrogen-bond acceptors (Lipinski definition) is 2. The maximum Gasteiger partial charge on any atom is 0.242 e. The van der Waals surface area contributed by atoms with Gasteiger partial charge >= 0.3 is 0 Å². The molecule has 2 aliphatic rings. The molecule has 0 aliphatic heterocycles. The molecule has 0 radical (unpaired) electrons. The number of nitrogens with zero attached hydrogens (tertiary/aromatic N) is 1. The molecule has 5 heteroatoms. The zero-order valence-corrected chi connectivity index (χ0v) is 13.9. The molecule has 1 aromatic carbocycles. The van der Waals surface area contributed by atoms with Crippen molar-refractivity contribution >= 4 is 21.6 Å². The molecule has 3 unspecified atom stereocenters. The monoisotopic (exact) mass is 327 g/mol. The van der Waals surface area contributed by atoms with Crippen LogP contribution in [0.15, 0.2) is 29.2 Å². The third-order valence-corrected chi connectivity index (χ3v) is 7.27. The first-order valence-corrected chi connectivity index (χ1v) is 9.59.